The van der Waals surface area contributed by atoms with E-state index in [1.54, 1.807) is 6.07 Å². The van der Waals surface area contributed by atoms with Crippen LogP contribution in [0.25, 0.3) is 0 Å². The monoisotopic (exact) mass is 470 g/mol. The Hall–Kier alpha value is -3.20. The largest absolute Gasteiger partial charge is 0.326 e. The van der Waals surface area contributed by atoms with E-state index in [4.69, 9.17) is 0 Å². The highest BCUT2D eigenvalue weighted by molar-refractivity contribution is 7.14. The zero-order valence-electron chi connectivity index (χ0n) is 19.5. The molecular formula is C24H30N4O4S. The molecule has 0 aliphatic heterocycles. The summed E-state index contributed by atoms with van der Waals surface area (Å²) in [6.07, 6.45) is 3.02. The minimum atomic E-state index is -0.573. The van der Waals surface area contributed by atoms with E-state index in [9.17, 15) is 19.2 Å². The van der Waals surface area contributed by atoms with Crippen molar-refractivity contribution in [3.8, 4) is 0 Å². The van der Waals surface area contributed by atoms with E-state index in [-0.39, 0.29) is 28.7 Å². The maximum Gasteiger partial charge on any atom is 0.279 e. The maximum atomic E-state index is 12.7. The molecule has 3 rings (SSSR count). The summed E-state index contributed by atoms with van der Waals surface area (Å²) in [7, 11) is 0. The molecule has 9 heteroatoms. The molecule has 4 amide bonds. The number of carbonyl (C=O) groups is 4. The van der Waals surface area contributed by atoms with Gasteiger partial charge in [0.05, 0.1) is 4.88 Å². The molecule has 33 heavy (non-hydrogen) atoms. The molecule has 4 N–H and O–H groups in total. The van der Waals surface area contributed by atoms with Crippen LogP contribution in [0.5, 0.6) is 0 Å². The number of thiophene rings is 1. The van der Waals surface area contributed by atoms with Crippen LogP contribution in [0.4, 0.5) is 11.4 Å². The number of amides is 4. The van der Waals surface area contributed by atoms with Gasteiger partial charge in [-0.2, -0.15) is 0 Å². The van der Waals surface area contributed by atoms with Crippen LogP contribution in [0, 0.1) is 11.3 Å². The first-order chi connectivity index (χ1) is 15.4. The third-order valence-corrected chi connectivity index (χ3v) is 6.89. The zero-order valence-corrected chi connectivity index (χ0v) is 20.4. The van der Waals surface area contributed by atoms with Crippen LogP contribution in [-0.4, -0.2) is 23.6 Å². The Kier molecular flexibility index (Phi) is 7.22. The summed E-state index contributed by atoms with van der Waals surface area (Å²) in [6, 6.07) is 6.39. The van der Waals surface area contributed by atoms with Crippen LogP contribution in [0.2, 0.25) is 0 Å². The number of nitrogens with one attached hydrogen (secondary N) is 4. The van der Waals surface area contributed by atoms with Gasteiger partial charge in [-0.1, -0.05) is 20.8 Å². The lowest BCUT2D eigenvalue weighted by molar-refractivity contribution is -0.115. The summed E-state index contributed by atoms with van der Waals surface area (Å²) in [4.78, 5) is 49.9. The summed E-state index contributed by atoms with van der Waals surface area (Å²) in [5.41, 5.74) is 7.19. The van der Waals surface area contributed by atoms with Crippen molar-refractivity contribution in [3.05, 3.63) is 45.1 Å². The number of benzene rings is 1. The Morgan fingerprint density at radius 1 is 0.879 bits per heavy atom. The van der Waals surface area contributed by atoms with Crippen LogP contribution < -0.4 is 21.5 Å². The SMILES string of the molecule is CC(=O)Nc1cc(NC(C)=O)cc(C(=O)NNC(=O)c2cc3c(s2)CCC(C(C)(C)C)C3)c1. The van der Waals surface area contributed by atoms with E-state index in [2.05, 4.69) is 42.3 Å². The number of fused-ring (bicyclic) bond motifs is 1. The molecule has 1 unspecified atom stereocenters. The van der Waals surface area contributed by atoms with Crippen molar-refractivity contribution in [1.29, 1.82) is 0 Å². The van der Waals surface area contributed by atoms with Crippen molar-refractivity contribution in [2.24, 2.45) is 11.3 Å². The van der Waals surface area contributed by atoms with Gasteiger partial charge in [0.15, 0.2) is 0 Å². The van der Waals surface area contributed by atoms with E-state index in [0.717, 1.165) is 19.3 Å². The Balaban J connectivity index is 1.68. The van der Waals surface area contributed by atoms with Crippen LogP contribution in [0.3, 0.4) is 0 Å². The molecule has 2 aromatic rings. The molecule has 1 aromatic carbocycles. The number of anilines is 2. The van der Waals surface area contributed by atoms with Crippen LogP contribution in [0.15, 0.2) is 24.3 Å². The minimum absolute atomic E-state index is 0.170. The smallest absolute Gasteiger partial charge is 0.279 e. The van der Waals surface area contributed by atoms with E-state index in [0.29, 0.717) is 22.2 Å². The van der Waals surface area contributed by atoms with Crippen LogP contribution in [0.1, 0.15) is 71.5 Å². The van der Waals surface area contributed by atoms with E-state index in [1.807, 2.05) is 6.07 Å². The van der Waals surface area contributed by atoms with Crippen molar-refractivity contribution in [1.82, 2.24) is 10.9 Å². The van der Waals surface area contributed by atoms with Crippen molar-refractivity contribution >= 4 is 46.3 Å². The first-order valence-corrected chi connectivity index (χ1v) is 11.7. The Labute approximate surface area is 197 Å². The topological polar surface area (TPSA) is 116 Å². The summed E-state index contributed by atoms with van der Waals surface area (Å²) >= 11 is 1.46. The summed E-state index contributed by atoms with van der Waals surface area (Å²) < 4.78 is 0. The lowest BCUT2D eigenvalue weighted by atomic mass is 9.72. The molecule has 176 valence electrons. The second-order valence-electron chi connectivity index (χ2n) is 9.43. The van der Waals surface area contributed by atoms with Gasteiger partial charge in [-0.15, -0.1) is 11.3 Å². The van der Waals surface area contributed by atoms with Gasteiger partial charge in [0.2, 0.25) is 11.8 Å². The second-order valence-corrected chi connectivity index (χ2v) is 10.6. The number of hydrazine groups is 1. The molecule has 0 saturated carbocycles. The fraction of sp³-hybridized carbons (Fsp3) is 0.417. The molecule has 0 bridgehead atoms. The third kappa shape index (κ3) is 6.41. The number of aryl methyl sites for hydroxylation is 1. The highest BCUT2D eigenvalue weighted by Crippen LogP contribution is 2.40. The van der Waals surface area contributed by atoms with Crippen molar-refractivity contribution in [3.63, 3.8) is 0 Å². The first kappa shape index (κ1) is 24.4. The van der Waals surface area contributed by atoms with E-state index >= 15 is 0 Å². The fourth-order valence-electron chi connectivity index (χ4n) is 3.93. The Morgan fingerprint density at radius 2 is 1.45 bits per heavy atom. The first-order valence-electron chi connectivity index (χ1n) is 10.8. The quantitative estimate of drug-likeness (QED) is 0.507. The molecule has 8 nitrogen and oxygen atoms in total. The summed E-state index contributed by atoms with van der Waals surface area (Å²) in [6.45, 7) is 9.42. The molecular weight excluding hydrogens is 440 g/mol. The highest BCUT2D eigenvalue weighted by Gasteiger charge is 2.30. The molecule has 0 fully saturated rings. The normalized spacial score (nSPS) is 15.2. The van der Waals surface area contributed by atoms with Crippen LogP contribution >= 0.6 is 11.3 Å². The van der Waals surface area contributed by atoms with Gasteiger partial charge in [0.1, 0.15) is 0 Å². The molecule has 0 saturated heterocycles. The average molecular weight is 471 g/mol. The van der Waals surface area contributed by atoms with Gasteiger partial charge in [0, 0.05) is 35.7 Å². The molecule has 1 aromatic heterocycles. The highest BCUT2D eigenvalue weighted by atomic mass is 32.1. The predicted molar refractivity (Wildman–Crippen MR) is 129 cm³/mol. The molecule has 1 aliphatic carbocycles. The predicted octanol–water partition coefficient (Wildman–Crippen LogP) is 3.89. The van der Waals surface area contributed by atoms with E-state index < -0.39 is 5.91 Å². The lowest BCUT2D eigenvalue weighted by Crippen LogP contribution is -2.41. The summed E-state index contributed by atoms with van der Waals surface area (Å²) in [5.74, 6) is -1.01. The van der Waals surface area contributed by atoms with Crippen molar-refractivity contribution in [2.45, 2.75) is 53.9 Å². The average Bonchev–Trinajstić information content (AvgIpc) is 3.13. The number of carbonyl (C=O) groups excluding carboxylic acids is 4. The number of rotatable bonds is 4. The van der Waals surface area contributed by atoms with Gasteiger partial charge in [-0.05, 0) is 60.4 Å². The minimum Gasteiger partial charge on any atom is -0.326 e. The van der Waals surface area contributed by atoms with Gasteiger partial charge in [-0.25, -0.2) is 0 Å². The fourth-order valence-corrected chi connectivity index (χ4v) is 5.04. The second kappa shape index (κ2) is 9.74. The molecule has 1 atom stereocenters. The Bertz CT molecular complexity index is 1070. The summed E-state index contributed by atoms with van der Waals surface area (Å²) in [5, 5.41) is 5.18. The van der Waals surface area contributed by atoms with Gasteiger partial charge in [0.25, 0.3) is 11.8 Å². The van der Waals surface area contributed by atoms with Crippen molar-refractivity contribution in [2.75, 3.05) is 10.6 Å². The Morgan fingerprint density at radius 3 is 2.00 bits per heavy atom. The molecule has 1 aliphatic rings. The lowest BCUT2D eigenvalue weighted by Gasteiger charge is -2.33. The van der Waals surface area contributed by atoms with Gasteiger partial charge >= 0.3 is 0 Å². The van der Waals surface area contributed by atoms with Gasteiger partial charge in [-0.3, -0.25) is 30.0 Å². The molecule has 0 spiro atoms. The maximum absolute atomic E-state index is 12.7. The molecule has 1 heterocycles. The number of hydrogen-bond acceptors (Lipinski definition) is 5. The van der Waals surface area contributed by atoms with Gasteiger partial charge < -0.3 is 10.6 Å². The van der Waals surface area contributed by atoms with Crippen LogP contribution in [-0.2, 0) is 22.4 Å². The zero-order chi connectivity index (χ0) is 24.3. The van der Waals surface area contributed by atoms with E-state index in [1.165, 1.54) is 47.8 Å². The van der Waals surface area contributed by atoms with Crippen molar-refractivity contribution < 1.29 is 19.2 Å². The third-order valence-electron chi connectivity index (χ3n) is 5.66. The molecule has 0 radical (unpaired) electrons. The standard InChI is InChI=1S/C24H30N4O4S/c1-13(29)25-18-9-16(10-19(12-18)26-14(2)30)22(31)27-28-23(32)21-11-15-8-17(24(3,4)5)6-7-20(15)33-21/h9-12,17H,6-8H2,1-5H3,(H,25,29)(H,26,30)(H,27,31)(H,28,32). The number of hydrogen-bond donors (Lipinski definition) is 4.